The third-order valence-corrected chi connectivity index (χ3v) is 3.49. The van der Waals surface area contributed by atoms with Gasteiger partial charge in [0.25, 0.3) is 0 Å². The van der Waals surface area contributed by atoms with Crippen LogP contribution in [0, 0.1) is 5.82 Å². The van der Waals surface area contributed by atoms with Gasteiger partial charge in [0.05, 0.1) is 17.6 Å². The molecular weight excluding hydrogens is 363 g/mol. The maximum Gasteiger partial charge on any atom is 0.159 e. The molecule has 0 radical (unpaired) electrons. The number of benzene rings is 1. The molecule has 4 N–H and O–H groups in total. The van der Waals surface area contributed by atoms with Gasteiger partial charge in [0.1, 0.15) is 17.8 Å². The molecule has 0 fully saturated rings. The maximum absolute atomic E-state index is 13.9. The average molecular weight is 375 g/mol. The lowest BCUT2D eigenvalue weighted by Gasteiger charge is -2.13. The van der Waals surface area contributed by atoms with Crippen LogP contribution in [0.25, 0.3) is 0 Å². The normalized spacial score (nSPS) is 10.3. The zero-order chi connectivity index (χ0) is 16.2. The Morgan fingerprint density at radius 2 is 1.87 bits per heavy atom. The molecule has 0 aliphatic rings. The van der Waals surface area contributed by atoms with Crippen LogP contribution in [-0.2, 0) is 0 Å². The zero-order valence-electron chi connectivity index (χ0n) is 11.8. The van der Waals surface area contributed by atoms with Crippen LogP contribution in [0.4, 0.5) is 33.1 Å². The molecule has 0 saturated heterocycles. The fourth-order valence-electron chi connectivity index (χ4n) is 1.89. The van der Waals surface area contributed by atoms with Crippen molar-refractivity contribution >= 4 is 44.6 Å². The van der Waals surface area contributed by atoms with Crippen molar-refractivity contribution < 1.29 is 4.39 Å². The molecule has 0 unspecified atom stereocenters. The Labute approximate surface area is 140 Å². The summed E-state index contributed by atoms with van der Waals surface area (Å²) in [6, 6.07) is 8.29. The van der Waals surface area contributed by atoms with Crippen LogP contribution >= 0.6 is 15.9 Å². The number of nitrogens with zero attached hydrogens (tertiary/aromatic N) is 3. The average Bonchev–Trinajstić information content (AvgIpc) is 2.54. The van der Waals surface area contributed by atoms with E-state index >= 15 is 0 Å². The van der Waals surface area contributed by atoms with Gasteiger partial charge in [-0.3, -0.25) is 4.98 Å². The SMILES string of the molecule is Nc1c(Nc2cccnc2)ncnc1Nc1ccc(Br)cc1F. The lowest BCUT2D eigenvalue weighted by molar-refractivity contribution is 0.631. The Morgan fingerprint density at radius 1 is 1.09 bits per heavy atom. The van der Waals surface area contributed by atoms with E-state index in [9.17, 15) is 4.39 Å². The fourth-order valence-corrected chi connectivity index (χ4v) is 2.22. The Balaban J connectivity index is 1.87. The third-order valence-electron chi connectivity index (χ3n) is 2.99. The fraction of sp³-hybridized carbons (Fsp3) is 0. The van der Waals surface area contributed by atoms with Crippen LogP contribution in [-0.4, -0.2) is 15.0 Å². The first-order valence-corrected chi connectivity index (χ1v) is 7.42. The molecule has 0 amide bonds. The van der Waals surface area contributed by atoms with E-state index in [1.165, 1.54) is 12.4 Å². The summed E-state index contributed by atoms with van der Waals surface area (Å²) in [5, 5.41) is 5.91. The number of halogens is 2. The number of nitrogens with two attached hydrogens (primary N) is 1. The summed E-state index contributed by atoms with van der Waals surface area (Å²) in [5.41, 5.74) is 7.34. The Bertz CT molecular complexity index is 827. The second-order valence-corrected chi connectivity index (χ2v) is 5.52. The monoisotopic (exact) mass is 374 g/mol. The Morgan fingerprint density at radius 3 is 2.57 bits per heavy atom. The van der Waals surface area contributed by atoms with E-state index < -0.39 is 5.82 Å². The van der Waals surface area contributed by atoms with Crippen molar-refractivity contribution in [3.63, 3.8) is 0 Å². The predicted molar refractivity (Wildman–Crippen MR) is 91.3 cm³/mol. The van der Waals surface area contributed by atoms with Gasteiger partial charge in [-0.1, -0.05) is 15.9 Å². The van der Waals surface area contributed by atoms with Crippen molar-refractivity contribution in [3.8, 4) is 0 Å². The second kappa shape index (κ2) is 6.57. The summed E-state index contributed by atoms with van der Waals surface area (Å²) in [7, 11) is 0. The van der Waals surface area contributed by atoms with Gasteiger partial charge in [-0.05, 0) is 30.3 Å². The lowest BCUT2D eigenvalue weighted by Crippen LogP contribution is -2.06. The second-order valence-electron chi connectivity index (χ2n) is 4.60. The smallest absolute Gasteiger partial charge is 0.159 e. The predicted octanol–water partition coefficient (Wildman–Crippen LogP) is 3.84. The van der Waals surface area contributed by atoms with Crippen molar-refractivity contribution in [1.82, 2.24) is 15.0 Å². The lowest BCUT2D eigenvalue weighted by atomic mass is 10.3. The zero-order valence-corrected chi connectivity index (χ0v) is 13.4. The first-order chi connectivity index (χ1) is 11.1. The highest BCUT2D eigenvalue weighted by atomic mass is 79.9. The molecule has 116 valence electrons. The summed E-state index contributed by atoms with van der Waals surface area (Å²) in [4.78, 5) is 12.2. The van der Waals surface area contributed by atoms with Crippen LogP contribution in [0.5, 0.6) is 0 Å². The van der Waals surface area contributed by atoms with E-state index in [0.717, 1.165) is 5.69 Å². The number of aromatic nitrogens is 3. The number of nitrogen functional groups attached to an aromatic ring is 1. The van der Waals surface area contributed by atoms with E-state index in [2.05, 4.69) is 41.5 Å². The van der Waals surface area contributed by atoms with Gasteiger partial charge in [0.15, 0.2) is 11.6 Å². The first-order valence-electron chi connectivity index (χ1n) is 6.63. The van der Waals surface area contributed by atoms with Crippen LogP contribution < -0.4 is 16.4 Å². The molecule has 1 aromatic carbocycles. The van der Waals surface area contributed by atoms with Crippen LogP contribution in [0.1, 0.15) is 0 Å². The summed E-state index contributed by atoms with van der Waals surface area (Å²) >= 11 is 3.21. The topological polar surface area (TPSA) is 88.8 Å². The largest absolute Gasteiger partial charge is 0.393 e. The molecule has 2 aromatic heterocycles. The minimum absolute atomic E-state index is 0.269. The molecule has 0 bridgehead atoms. The van der Waals surface area contributed by atoms with Crippen molar-refractivity contribution in [2.24, 2.45) is 0 Å². The highest BCUT2D eigenvalue weighted by molar-refractivity contribution is 9.10. The van der Waals surface area contributed by atoms with E-state index in [-0.39, 0.29) is 11.4 Å². The molecule has 0 aliphatic carbocycles. The number of rotatable bonds is 4. The number of hydrogen-bond donors (Lipinski definition) is 3. The van der Waals surface area contributed by atoms with Gasteiger partial charge in [-0.25, -0.2) is 14.4 Å². The van der Waals surface area contributed by atoms with Crippen LogP contribution in [0.2, 0.25) is 0 Å². The molecule has 3 aromatic rings. The van der Waals surface area contributed by atoms with Gasteiger partial charge in [-0.2, -0.15) is 0 Å². The summed E-state index contributed by atoms with van der Waals surface area (Å²) in [6.07, 6.45) is 4.65. The number of anilines is 5. The molecule has 3 rings (SSSR count). The molecule has 0 saturated carbocycles. The molecule has 23 heavy (non-hydrogen) atoms. The quantitative estimate of drug-likeness (QED) is 0.642. The van der Waals surface area contributed by atoms with Crippen molar-refractivity contribution in [1.29, 1.82) is 0 Å². The maximum atomic E-state index is 13.9. The molecule has 0 spiro atoms. The van der Waals surface area contributed by atoms with Crippen LogP contribution in [0.3, 0.4) is 0 Å². The van der Waals surface area contributed by atoms with Crippen molar-refractivity contribution in [2.45, 2.75) is 0 Å². The van der Waals surface area contributed by atoms with Gasteiger partial charge in [0, 0.05) is 10.7 Å². The highest BCUT2D eigenvalue weighted by Crippen LogP contribution is 2.29. The van der Waals surface area contributed by atoms with E-state index in [0.29, 0.717) is 16.1 Å². The molecule has 0 aliphatic heterocycles. The van der Waals surface area contributed by atoms with E-state index in [4.69, 9.17) is 5.73 Å². The van der Waals surface area contributed by atoms with Gasteiger partial charge in [-0.15, -0.1) is 0 Å². The molecule has 8 heteroatoms. The van der Waals surface area contributed by atoms with Crippen LogP contribution in [0.15, 0.2) is 53.5 Å². The Hall–Kier alpha value is -2.74. The Kier molecular flexibility index (Phi) is 4.33. The summed E-state index contributed by atoms with van der Waals surface area (Å²) in [5.74, 6) is 0.305. The van der Waals surface area contributed by atoms with Gasteiger partial charge < -0.3 is 16.4 Å². The molecular formula is C15H12BrFN6. The highest BCUT2D eigenvalue weighted by Gasteiger charge is 2.11. The standard InChI is InChI=1S/C15H12BrFN6/c16-9-3-4-12(11(17)6-9)23-15-13(18)14(20-8-21-15)22-10-2-1-5-19-7-10/h1-8H,18H2,(H2,20,21,22,23). The number of nitrogens with one attached hydrogen (secondary N) is 2. The molecule has 6 nitrogen and oxygen atoms in total. The summed E-state index contributed by atoms with van der Waals surface area (Å²) in [6.45, 7) is 0. The van der Waals surface area contributed by atoms with Gasteiger partial charge >= 0.3 is 0 Å². The van der Waals surface area contributed by atoms with Gasteiger partial charge in [0.2, 0.25) is 0 Å². The number of hydrogen-bond acceptors (Lipinski definition) is 6. The first kappa shape index (κ1) is 15.2. The van der Waals surface area contributed by atoms with Crippen molar-refractivity contribution in [3.05, 3.63) is 59.3 Å². The van der Waals surface area contributed by atoms with Crippen molar-refractivity contribution in [2.75, 3.05) is 16.4 Å². The summed E-state index contributed by atoms with van der Waals surface area (Å²) < 4.78 is 14.6. The molecule has 0 atom stereocenters. The van der Waals surface area contributed by atoms with E-state index in [1.54, 1.807) is 30.6 Å². The molecule has 2 heterocycles. The van der Waals surface area contributed by atoms with E-state index in [1.807, 2.05) is 6.07 Å². The number of pyridine rings is 1. The third kappa shape index (κ3) is 3.54. The minimum atomic E-state index is -0.417. The minimum Gasteiger partial charge on any atom is -0.393 e.